The third-order valence-electron chi connectivity index (χ3n) is 4.36. The molecule has 0 radical (unpaired) electrons. The van der Waals surface area contributed by atoms with Crippen LogP contribution in [0.3, 0.4) is 0 Å². The van der Waals surface area contributed by atoms with Gasteiger partial charge in [-0.05, 0) is 55.6 Å². The van der Waals surface area contributed by atoms with Gasteiger partial charge in [-0.15, -0.1) is 0 Å². The maximum atomic E-state index is 13.8. The summed E-state index contributed by atoms with van der Waals surface area (Å²) in [6.45, 7) is 2.55. The topological polar surface area (TPSA) is 41.5 Å². The van der Waals surface area contributed by atoms with Crippen LogP contribution in [0.2, 0.25) is 0 Å². The van der Waals surface area contributed by atoms with Gasteiger partial charge in [-0.2, -0.15) is 0 Å². The Bertz CT molecular complexity index is 550. The Labute approximate surface area is 130 Å². The quantitative estimate of drug-likeness (QED) is 0.664. The fourth-order valence-corrected chi connectivity index (χ4v) is 2.95. The van der Waals surface area contributed by atoms with Crippen LogP contribution in [0.25, 0.3) is 0 Å². The molecule has 1 aliphatic heterocycles. The molecule has 118 valence electrons. The first-order valence-corrected chi connectivity index (χ1v) is 7.86. The second-order valence-corrected chi connectivity index (χ2v) is 6.02. The monoisotopic (exact) mass is 303 g/mol. The van der Waals surface area contributed by atoms with E-state index in [0.717, 1.165) is 25.9 Å². The van der Waals surface area contributed by atoms with Crippen LogP contribution in [0.1, 0.15) is 24.3 Å². The van der Waals surface area contributed by atoms with Gasteiger partial charge >= 0.3 is 0 Å². The van der Waals surface area contributed by atoms with Crippen molar-refractivity contribution in [2.45, 2.75) is 24.5 Å². The van der Waals surface area contributed by atoms with Gasteiger partial charge in [-0.1, -0.05) is 30.4 Å². The summed E-state index contributed by atoms with van der Waals surface area (Å²) in [6, 6.07) is 6.70. The number of benzene rings is 1. The van der Waals surface area contributed by atoms with Crippen molar-refractivity contribution in [2.24, 2.45) is 5.92 Å². The van der Waals surface area contributed by atoms with Crippen molar-refractivity contribution in [3.63, 3.8) is 0 Å². The molecule has 0 bridgehead atoms. The van der Waals surface area contributed by atoms with Gasteiger partial charge in [-0.25, -0.2) is 4.39 Å². The summed E-state index contributed by atoms with van der Waals surface area (Å²) in [7, 11) is 0. The molecule has 1 saturated heterocycles. The minimum absolute atomic E-state index is 0.163. The molecule has 2 N–H and O–H groups in total. The number of aliphatic hydroxyl groups is 1. The van der Waals surface area contributed by atoms with Crippen LogP contribution in [0.15, 0.2) is 48.6 Å². The number of rotatable bonds is 4. The maximum absolute atomic E-state index is 13.8. The first-order chi connectivity index (χ1) is 10.7. The summed E-state index contributed by atoms with van der Waals surface area (Å²) < 4.78 is 19.5. The summed E-state index contributed by atoms with van der Waals surface area (Å²) in [5.74, 6) is -1.28. The standard InChI is InChI=1S/C18H22FNO2/c19-17-4-2-1-3-16(17)15-5-9-18(21,10-6-15)22-13-14-7-11-20-12-8-14/h1-6,9-10,14-15,20-21H,7-8,11-13H2. The van der Waals surface area contributed by atoms with Crippen LogP contribution >= 0.6 is 0 Å². The molecule has 3 nitrogen and oxygen atoms in total. The second-order valence-electron chi connectivity index (χ2n) is 6.02. The molecule has 0 unspecified atom stereocenters. The van der Waals surface area contributed by atoms with Crippen LogP contribution in [-0.4, -0.2) is 30.6 Å². The largest absolute Gasteiger partial charge is 0.359 e. The van der Waals surface area contributed by atoms with Crippen molar-refractivity contribution in [3.05, 3.63) is 60.0 Å². The highest BCUT2D eigenvalue weighted by atomic mass is 19.1. The Morgan fingerprint density at radius 3 is 2.55 bits per heavy atom. The van der Waals surface area contributed by atoms with Crippen molar-refractivity contribution < 1.29 is 14.2 Å². The van der Waals surface area contributed by atoms with E-state index in [-0.39, 0.29) is 11.7 Å². The second kappa shape index (κ2) is 6.73. The van der Waals surface area contributed by atoms with Gasteiger partial charge in [0, 0.05) is 5.92 Å². The molecule has 0 spiro atoms. The molecule has 1 heterocycles. The summed E-state index contributed by atoms with van der Waals surface area (Å²) in [6.07, 6.45) is 8.96. The molecule has 2 aliphatic rings. The van der Waals surface area contributed by atoms with E-state index in [2.05, 4.69) is 5.32 Å². The molecule has 0 atom stereocenters. The molecule has 0 amide bonds. The van der Waals surface area contributed by atoms with E-state index in [0.29, 0.717) is 18.1 Å². The molecular formula is C18H22FNO2. The first-order valence-electron chi connectivity index (χ1n) is 7.86. The van der Waals surface area contributed by atoms with E-state index in [1.807, 2.05) is 6.07 Å². The van der Waals surface area contributed by atoms with Crippen LogP contribution in [0, 0.1) is 11.7 Å². The Kier molecular flexibility index (Phi) is 4.71. The smallest absolute Gasteiger partial charge is 0.205 e. The number of hydrogen-bond donors (Lipinski definition) is 2. The van der Waals surface area contributed by atoms with Gasteiger partial charge in [-0.3, -0.25) is 0 Å². The van der Waals surface area contributed by atoms with Crippen LogP contribution < -0.4 is 5.32 Å². The minimum Gasteiger partial charge on any atom is -0.359 e. The van der Waals surface area contributed by atoms with Gasteiger partial charge < -0.3 is 15.2 Å². The zero-order chi connectivity index (χ0) is 15.4. The lowest BCUT2D eigenvalue weighted by Crippen LogP contribution is -2.35. The molecule has 1 aromatic carbocycles. The summed E-state index contributed by atoms with van der Waals surface area (Å²) in [5.41, 5.74) is 0.607. The summed E-state index contributed by atoms with van der Waals surface area (Å²) in [5, 5.41) is 13.7. The maximum Gasteiger partial charge on any atom is 0.205 e. The number of halogens is 1. The third kappa shape index (κ3) is 3.64. The zero-order valence-corrected chi connectivity index (χ0v) is 12.5. The lowest BCUT2D eigenvalue weighted by molar-refractivity contribution is -0.142. The highest BCUT2D eigenvalue weighted by Gasteiger charge is 2.27. The van der Waals surface area contributed by atoms with Crippen molar-refractivity contribution in [2.75, 3.05) is 19.7 Å². The predicted molar refractivity (Wildman–Crippen MR) is 83.9 cm³/mol. The Balaban J connectivity index is 1.60. The van der Waals surface area contributed by atoms with Gasteiger partial charge in [0.1, 0.15) is 5.82 Å². The summed E-state index contributed by atoms with van der Waals surface area (Å²) in [4.78, 5) is 0. The average Bonchev–Trinajstić information content (AvgIpc) is 2.56. The van der Waals surface area contributed by atoms with E-state index in [1.54, 1.807) is 36.4 Å². The van der Waals surface area contributed by atoms with Crippen LogP contribution in [-0.2, 0) is 4.74 Å². The number of nitrogens with one attached hydrogen (secondary N) is 1. The number of ether oxygens (including phenoxy) is 1. The number of hydrogen-bond acceptors (Lipinski definition) is 3. The molecular weight excluding hydrogens is 281 g/mol. The van der Waals surface area contributed by atoms with Crippen molar-refractivity contribution in [1.29, 1.82) is 0 Å². The fraction of sp³-hybridized carbons (Fsp3) is 0.444. The molecule has 3 rings (SSSR count). The highest BCUT2D eigenvalue weighted by molar-refractivity contribution is 5.34. The van der Waals surface area contributed by atoms with Crippen LogP contribution in [0.4, 0.5) is 4.39 Å². The molecule has 1 aromatic rings. The van der Waals surface area contributed by atoms with Crippen molar-refractivity contribution in [3.8, 4) is 0 Å². The number of allylic oxidation sites excluding steroid dienone is 2. The van der Waals surface area contributed by atoms with Gasteiger partial charge in [0.2, 0.25) is 5.79 Å². The molecule has 4 heteroatoms. The Hall–Kier alpha value is -1.49. The van der Waals surface area contributed by atoms with Crippen molar-refractivity contribution >= 4 is 0 Å². The average molecular weight is 303 g/mol. The van der Waals surface area contributed by atoms with E-state index in [4.69, 9.17) is 4.74 Å². The Morgan fingerprint density at radius 2 is 1.86 bits per heavy atom. The van der Waals surface area contributed by atoms with Gasteiger partial charge in [0.05, 0.1) is 6.61 Å². The lowest BCUT2D eigenvalue weighted by Gasteiger charge is -2.29. The normalized spacial score (nSPS) is 28.9. The van der Waals surface area contributed by atoms with E-state index < -0.39 is 5.79 Å². The molecule has 1 aliphatic carbocycles. The van der Waals surface area contributed by atoms with Gasteiger partial charge in [0.15, 0.2) is 0 Å². The number of piperidine rings is 1. The Morgan fingerprint density at radius 1 is 1.18 bits per heavy atom. The predicted octanol–water partition coefficient (Wildman–Crippen LogP) is 2.74. The lowest BCUT2D eigenvalue weighted by atomic mass is 9.92. The zero-order valence-electron chi connectivity index (χ0n) is 12.5. The van der Waals surface area contributed by atoms with Crippen molar-refractivity contribution in [1.82, 2.24) is 5.32 Å². The molecule has 22 heavy (non-hydrogen) atoms. The SMILES string of the molecule is OC1(OCC2CCNCC2)C=CC(c2ccccc2F)C=C1. The van der Waals surface area contributed by atoms with Gasteiger partial charge in [0.25, 0.3) is 0 Å². The van der Waals surface area contributed by atoms with E-state index in [1.165, 1.54) is 6.07 Å². The van der Waals surface area contributed by atoms with E-state index >= 15 is 0 Å². The summed E-state index contributed by atoms with van der Waals surface area (Å²) >= 11 is 0. The third-order valence-corrected chi connectivity index (χ3v) is 4.36. The minimum atomic E-state index is -1.37. The van der Waals surface area contributed by atoms with Crippen LogP contribution in [0.5, 0.6) is 0 Å². The fourth-order valence-electron chi connectivity index (χ4n) is 2.95. The highest BCUT2D eigenvalue weighted by Crippen LogP contribution is 2.29. The van der Waals surface area contributed by atoms with E-state index in [9.17, 15) is 9.50 Å². The molecule has 0 aromatic heterocycles. The molecule has 1 fully saturated rings. The molecule has 0 saturated carbocycles. The first kappa shape index (κ1) is 15.4.